The highest BCUT2D eigenvalue weighted by Crippen LogP contribution is 2.36. The van der Waals surface area contributed by atoms with Crippen molar-refractivity contribution in [2.45, 2.75) is 31.9 Å². The van der Waals surface area contributed by atoms with Crippen LogP contribution in [0.2, 0.25) is 0 Å². The maximum atomic E-state index is 11.6. The molecule has 0 amide bonds. The van der Waals surface area contributed by atoms with Crippen LogP contribution in [0.1, 0.15) is 31.4 Å². The Labute approximate surface area is 144 Å². The van der Waals surface area contributed by atoms with Crippen LogP contribution in [0.25, 0.3) is 0 Å². The zero-order valence-electron chi connectivity index (χ0n) is 14.8. The first-order valence-electron chi connectivity index (χ1n) is 8.18. The second-order valence-electron chi connectivity index (χ2n) is 6.46. The van der Waals surface area contributed by atoms with Crippen molar-refractivity contribution in [3.63, 3.8) is 0 Å². The molecule has 3 N–H and O–H groups in total. The highest BCUT2D eigenvalue weighted by atomic mass is 16.5. The Balaban J connectivity index is 2.49. The summed E-state index contributed by atoms with van der Waals surface area (Å²) in [4.78, 5) is 0. The predicted octanol–water partition coefficient (Wildman–Crippen LogP) is 3.31. The average molecular weight is 329 g/mol. The highest BCUT2D eigenvalue weighted by Gasteiger charge is 2.38. The molecule has 24 heavy (non-hydrogen) atoms. The van der Waals surface area contributed by atoms with Crippen LogP contribution >= 0.6 is 0 Å². The van der Waals surface area contributed by atoms with Crippen LogP contribution in [0, 0.1) is 5.92 Å². The maximum Gasteiger partial charge on any atom is 0.130 e. The number of hydrogen-bond acceptors (Lipinski definition) is 4. The van der Waals surface area contributed by atoms with Crippen molar-refractivity contribution in [3.8, 4) is 11.5 Å². The lowest BCUT2D eigenvalue weighted by Gasteiger charge is -2.36. The lowest BCUT2D eigenvalue weighted by molar-refractivity contribution is 0.0441. The van der Waals surface area contributed by atoms with Crippen LogP contribution in [-0.4, -0.2) is 25.4 Å². The fourth-order valence-corrected chi connectivity index (χ4v) is 2.96. The molecule has 130 valence electrons. The molecule has 2 rings (SSSR count). The molecule has 0 radical (unpaired) electrons. The van der Waals surface area contributed by atoms with E-state index in [9.17, 15) is 5.11 Å². The summed E-state index contributed by atoms with van der Waals surface area (Å²) in [7, 11) is 3.24. The number of aliphatic hydroxyl groups is 1. The third-order valence-electron chi connectivity index (χ3n) is 4.32. The molecular weight excluding hydrogens is 302 g/mol. The van der Waals surface area contributed by atoms with Crippen LogP contribution in [-0.2, 0) is 5.60 Å². The number of methoxy groups -OCH3 is 2. The van der Waals surface area contributed by atoms with Gasteiger partial charge in [0.1, 0.15) is 17.1 Å². The van der Waals surface area contributed by atoms with Gasteiger partial charge in [0.2, 0.25) is 0 Å². The summed E-state index contributed by atoms with van der Waals surface area (Å²) in [6.07, 6.45) is 0.703. The molecule has 4 nitrogen and oxygen atoms in total. The minimum absolute atomic E-state index is 0.378. The first kappa shape index (κ1) is 18.3. The van der Waals surface area contributed by atoms with Crippen molar-refractivity contribution in [2.75, 3.05) is 14.2 Å². The predicted molar refractivity (Wildman–Crippen MR) is 96.4 cm³/mol. The van der Waals surface area contributed by atoms with Crippen LogP contribution in [0.5, 0.6) is 11.5 Å². The monoisotopic (exact) mass is 329 g/mol. The first-order valence-corrected chi connectivity index (χ1v) is 8.18. The molecule has 0 fully saturated rings. The minimum Gasteiger partial charge on any atom is -0.497 e. The van der Waals surface area contributed by atoms with Crippen LogP contribution in [0.4, 0.5) is 0 Å². The molecule has 0 bridgehead atoms. The van der Waals surface area contributed by atoms with Gasteiger partial charge in [-0.25, -0.2) is 0 Å². The second kappa shape index (κ2) is 7.69. The van der Waals surface area contributed by atoms with Crippen molar-refractivity contribution < 1.29 is 14.6 Å². The fraction of sp³-hybridized carbons (Fsp3) is 0.400. The fourth-order valence-electron chi connectivity index (χ4n) is 2.96. The molecule has 0 heterocycles. The SMILES string of the molecule is COc1ccc(C(O)(c2ccc(OC)cc2)C(N)CC(C)C)cc1. The lowest BCUT2D eigenvalue weighted by atomic mass is 9.77. The Morgan fingerprint density at radius 2 is 1.25 bits per heavy atom. The summed E-state index contributed by atoms with van der Waals surface area (Å²) < 4.78 is 10.4. The maximum absolute atomic E-state index is 11.6. The largest absolute Gasteiger partial charge is 0.497 e. The molecular formula is C20H27NO3. The lowest BCUT2D eigenvalue weighted by Crippen LogP contribution is -2.47. The van der Waals surface area contributed by atoms with E-state index in [1.165, 1.54) is 0 Å². The minimum atomic E-state index is -1.27. The number of ether oxygens (including phenoxy) is 2. The summed E-state index contributed by atoms with van der Waals surface area (Å²) in [6, 6.07) is 14.4. The first-order chi connectivity index (χ1) is 11.4. The Morgan fingerprint density at radius 3 is 1.54 bits per heavy atom. The second-order valence-corrected chi connectivity index (χ2v) is 6.46. The van der Waals surface area contributed by atoms with Gasteiger partial charge in [-0.3, -0.25) is 0 Å². The van der Waals surface area contributed by atoms with E-state index < -0.39 is 11.6 Å². The van der Waals surface area contributed by atoms with Gasteiger partial charge in [-0.05, 0) is 47.7 Å². The van der Waals surface area contributed by atoms with Gasteiger partial charge in [0.05, 0.1) is 14.2 Å². The van der Waals surface area contributed by atoms with Gasteiger partial charge in [-0.1, -0.05) is 38.1 Å². The zero-order valence-corrected chi connectivity index (χ0v) is 14.8. The summed E-state index contributed by atoms with van der Waals surface area (Å²) in [5, 5.41) is 11.6. The standard InChI is InChI=1S/C20H27NO3/c1-14(2)13-19(21)20(22,15-5-9-17(23-3)10-6-15)16-7-11-18(24-4)12-8-16/h5-12,14,19,22H,13,21H2,1-4H3. The zero-order chi connectivity index (χ0) is 17.7. The molecule has 2 aromatic rings. The van der Waals surface area contributed by atoms with Crippen molar-refractivity contribution in [3.05, 3.63) is 59.7 Å². The van der Waals surface area contributed by atoms with E-state index in [-0.39, 0.29) is 0 Å². The summed E-state index contributed by atoms with van der Waals surface area (Å²) >= 11 is 0. The van der Waals surface area contributed by atoms with E-state index in [0.29, 0.717) is 12.3 Å². The molecule has 0 aliphatic rings. The van der Waals surface area contributed by atoms with Crippen molar-refractivity contribution in [2.24, 2.45) is 11.7 Å². The van der Waals surface area contributed by atoms with E-state index in [4.69, 9.17) is 15.2 Å². The van der Waals surface area contributed by atoms with Gasteiger partial charge < -0.3 is 20.3 Å². The van der Waals surface area contributed by atoms with E-state index in [1.54, 1.807) is 14.2 Å². The smallest absolute Gasteiger partial charge is 0.130 e. The van der Waals surface area contributed by atoms with E-state index in [2.05, 4.69) is 13.8 Å². The molecule has 4 heteroatoms. The van der Waals surface area contributed by atoms with Gasteiger partial charge in [-0.15, -0.1) is 0 Å². The Bertz CT molecular complexity index is 587. The molecule has 1 atom stereocenters. The van der Waals surface area contributed by atoms with Gasteiger partial charge in [0.15, 0.2) is 0 Å². The average Bonchev–Trinajstić information content (AvgIpc) is 2.60. The quantitative estimate of drug-likeness (QED) is 0.818. The van der Waals surface area contributed by atoms with E-state index >= 15 is 0 Å². The van der Waals surface area contributed by atoms with Crippen LogP contribution in [0.3, 0.4) is 0 Å². The molecule has 1 unspecified atom stereocenters. The van der Waals surface area contributed by atoms with Gasteiger partial charge in [0.25, 0.3) is 0 Å². The number of benzene rings is 2. The number of rotatable bonds is 7. The van der Waals surface area contributed by atoms with Crippen LogP contribution in [0.15, 0.2) is 48.5 Å². The molecule has 0 aliphatic heterocycles. The number of hydrogen-bond donors (Lipinski definition) is 2. The molecule has 0 saturated heterocycles. The topological polar surface area (TPSA) is 64.7 Å². The summed E-state index contributed by atoms with van der Waals surface area (Å²) in [5.74, 6) is 1.87. The Morgan fingerprint density at radius 1 is 0.875 bits per heavy atom. The van der Waals surface area contributed by atoms with Crippen molar-refractivity contribution >= 4 is 0 Å². The third kappa shape index (κ3) is 3.71. The summed E-state index contributed by atoms with van der Waals surface area (Å²) in [6.45, 7) is 4.20. The Hall–Kier alpha value is -2.04. The molecule has 0 spiro atoms. The third-order valence-corrected chi connectivity index (χ3v) is 4.32. The van der Waals surface area contributed by atoms with Crippen LogP contribution < -0.4 is 15.2 Å². The van der Waals surface area contributed by atoms with Gasteiger partial charge in [-0.2, -0.15) is 0 Å². The molecule has 2 aromatic carbocycles. The van der Waals surface area contributed by atoms with Crippen molar-refractivity contribution in [1.29, 1.82) is 0 Å². The normalized spacial score (nSPS) is 13.0. The highest BCUT2D eigenvalue weighted by molar-refractivity contribution is 5.42. The molecule has 0 saturated carbocycles. The Kier molecular flexibility index (Phi) is 5.86. The number of nitrogens with two attached hydrogens (primary N) is 1. The van der Waals surface area contributed by atoms with Crippen molar-refractivity contribution in [1.82, 2.24) is 0 Å². The van der Waals surface area contributed by atoms with Gasteiger partial charge in [0, 0.05) is 6.04 Å². The molecule has 0 aromatic heterocycles. The van der Waals surface area contributed by atoms with Gasteiger partial charge >= 0.3 is 0 Å². The molecule has 0 aliphatic carbocycles. The summed E-state index contributed by atoms with van der Waals surface area (Å²) in [5.41, 5.74) is 6.67. The van der Waals surface area contributed by atoms with E-state index in [1.807, 2.05) is 48.5 Å². The van der Waals surface area contributed by atoms with E-state index in [0.717, 1.165) is 22.6 Å².